The van der Waals surface area contributed by atoms with Crippen LogP contribution in [0.3, 0.4) is 0 Å². The second-order valence-corrected chi connectivity index (χ2v) is 4.19. The van der Waals surface area contributed by atoms with Crippen LogP contribution in [0, 0.1) is 5.92 Å². The van der Waals surface area contributed by atoms with Crippen molar-refractivity contribution in [1.82, 2.24) is 14.9 Å². The van der Waals surface area contributed by atoms with Gasteiger partial charge in [-0.2, -0.15) is 0 Å². The molecule has 0 bridgehead atoms. The van der Waals surface area contributed by atoms with E-state index in [2.05, 4.69) is 14.9 Å². The molecule has 1 aromatic rings. The molecule has 0 saturated heterocycles. The van der Waals surface area contributed by atoms with Crippen LogP contribution in [0.5, 0.6) is 0 Å². The standard InChI is InChI=1S/C8H12ClN3OS/c1-5(2)6(3-9)10-8(13)7-4-14-12-11-7/h4-6H,3H2,1-2H3,(H,10,13). The molecule has 0 aliphatic heterocycles. The van der Waals surface area contributed by atoms with Crippen molar-refractivity contribution < 1.29 is 4.79 Å². The van der Waals surface area contributed by atoms with Crippen molar-refractivity contribution >= 4 is 29.0 Å². The molecule has 1 unspecified atom stereocenters. The van der Waals surface area contributed by atoms with Gasteiger partial charge in [0, 0.05) is 17.3 Å². The Labute approximate surface area is 91.8 Å². The van der Waals surface area contributed by atoms with Gasteiger partial charge >= 0.3 is 0 Å². The number of hydrogen-bond donors (Lipinski definition) is 1. The van der Waals surface area contributed by atoms with Gasteiger partial charge < -0.3 is 5.32 Å². The fourth-order valence-corrected chi connectivity index (χ4v) is 1.76. The monoisotopic (exact) mass is 233 g/mol. The van der Waals surface area contributed by atoms with Crippen molar-refractivity contribution in [2.75, 3.05) is 5.88 Å². The molecule has 1 N–H and O–H groups in total. The summed E-state index contributed by atoms with van der Waals surface area (Å²) in [4.78, 5) is 11.5. The van der Waals surface area contributed by atoms with E-state index in [0.717, 1.165) is 11.5 Å². The van der Waals surface area contributed by atoms with Gasteiger partial charge in [-0.1, -0.05) is 18.3 Å². The second kappa shape index (κ2) is 5.26. The van der Waals surface area contributed by atoms with E-state index in [4.69, 9.17) is 11.6 Å². The highest BCUT2D eigenvalue weighted by Crippen LogP contribution is 2.05. The average molecular weight is 234 g/mol. The lowest BCUT2D eigenvalue weighted by Crippen LogP contribution is -2.40. The largest absolute Gasteiger partial charge is 0.346 e. The van der Waals surface area contributed by atoms with Crippen molar-refractivity contribution in [3.8, 4) is 0 Å². The Balaban J connectivity index is 2.56. The fourth-order valence-electron chi connectivity index (χ4n) is 0.889. The first kappa shape index (κ1) is 11.4. The van der Waals surface area contributed by atoms with E-state index in [1.54, 1.807) is 5.38 Å². The highest BCUT2D eigenvalue weighted by atomic mass is 35.5. The molecule has 1 rings (SSSR count). The Morgan fingerprint density at radius 1 is 1.71 bits per heavy atom. The number of nitrogens with one attached hydrogen (secondary N) is 1. The van der Waals surface area contributed by atoms with Crippen LogP contribution in [0.2, 0.25) is 0 Å². The maximum atomic E-state index is 11.5. The third kappa shape index (κ3) is 2.92. The minimum atomic E-state index is -0.210. The van der Waals surface area contributed by atoms with Crippen LogP contribution in [-0.4, -0.2) is 27.4 Å². The lowest BCUT2D eigenvalue weighted by atomic mass is 10.1. The summed E-state index contributed by atoms with van der Waals surface area (Å²) < 4.78 is 3.62. The minimum absolute atomic E-state index is 0.0223. The maximum absolute atomic E-state index is 11.5. The zero-order chi connectivity index (χ0) is 10.6. The molecular formula is C8H12ClN3OS. The van der Waals surface area contributed by atoms with Crippen LogP contribution < -0.4 is 5.32 Å². The lowest BCUT2D eigenvalue weighted by molar-refractivity contribution is 0.0926. The number of alkyl halides is 1. The van der Waals surface area contributed by atoms with Crippen LogP contribution in [0.15, 0.2) is 5.38 Å². The number of hydrogen-bond acceptors (Lipinski definition) is 4. The Kier molecular flexibility index (Phi) is 4.28. The van der Waals surface area contributed by atoms with Crippen molar-refractivity contribution in [2.24, 2.45) is 5.92 Å². The van der Waals surface area contributed by atoms with E-state index in [9.17, 15) is 4.79 Å². The molecule has 0 fully saturated rings. The third-order valence-corrected chi connectivity index (χ3v) is 2.72. The molecule has 0 aliphatic rings. The van der Waals surface area contributed by atoms with E-state index in [-0.39, 0.29) is 11.9 Å². The first-order chi connectivity index (χ1) is 6.65. The quantitative estimate of drug-likeness (QED) is 0.803. The van der Waals surface area contributed by atoms with Gasteiger partial charge in [-0.05, 0) is 17.5 Å². The molecule has 0 radical (unpaired) electrons. The minimum Gasteiger partial charge on any atom is -0.346 e. The van der Waals surface area contributed by atoms with Crippen LogP contribution in [-0.2, 0) is 0 Å². The number of carbonyl (C=O) groups is 1. The van der Waals surface area contributed by atoms with Gasteiger partial charge in [0.1, 0.15) is 0 Å². The van der Waals surface area contributed by atoms with Gasteiger partial charge in [0.05, 0.1) is 0 Å². The summed E-state index contributed by atoms with van der Waals surface area (Å²) >= 11 is 6.88. The zero-order valence-corrected chi connectivity index (χ0v) is 9.60. The summed E-state index contributed by atoms with van der Waals surface area (Å²) in [6, 6.07) is -0.0223. The van der Waals surface area contributed by atoms with Crippen LogP contribution in [0.1, 0.15) is 24.3 Å². The number of aromatic nitrogens is 2. The molecule has 78 valence electrons. The van der Waals surface area contributed by atoms with E-state index < -0.39 is 0 Å². The van der Waals surface area contributed by atoms with E-state index in [0.29, 0.717) is 17.5 Å². The topological polar surface area (TPSA) is 54.9 Å². The van der Waals surface area contributed by atoms with Crippen molar-refractivity contribution in [2.45, 2.75) is 19.9 Å². The van der Waals surface area contributed by atoms with E-state index in [1.165, 1.54) is 0 Å². The Morgan fingerprint density at radius 3 is 2.86 bits per heavy atom. The van der Waals surface area contributed by atoms with Gasteiger partial charge in [-0.25, -0.2) is 0 Å². The van der Waals surface area contributed by atoms with E-state index >= 15 is 0 Å². The Hall–Kier alpha value is -0.680. The molecule has 1 atom stereocenters. The van der Waals surface area contributed by atoms with Crippen molar-refractivity contribution in [3.63, 3.8) is 0 Å². The second-order valence-electron chi connectivity index (χ2n) is 3.27. The summed E-state index contributed by atoms with van der Waals surface area (Å²) in [5.74, 6) is 0.502. The van der Waals surface area contributed by atoms with Gasteiger partial charge in [0.15, 0.2) is 5.69 Å². The average Bonchev–Trinajstić information content (AvgIpc) is 2.65. The molecule has 0 aliphatic carbocycles. The summed E-state index contributed by atoms with van der Waals surface area (Å²) in [5, 5.41) is 8.09. The van der Waals surface area contributed by atoms with Crippen molar-refractivity contribution in [3.05, 3.63) is 11.1 Å². The predicted octanol–water partition coefficient (Wildman–Crippen LogP) is 1.53. The normalized spacial score (nSPS) is 12.9. The smallest absolute Gasteiger partial charge is 0.273 e. The van der Waals surface area contributed by atoms with Gasteiger partial charge in [-0.15, -0.1) is 16.7 Å². The zero-order valence-electron chi connectivity index (χ0n) is 8.03. The number of nitrogens with zero attached hydrogens (tertiary/aromatic N) is 2. The predicted molar refractivity (Wildman–Crippen MR) is 56.7 cm³/mol. The molecule has 0 saturated carbocycles. The summed E-state index contributed by atoms with van der Waals surface area (Å²) in [6.07, 6.45) is 0. The molecule has 0 aromatic carbocycles. The summed E-state index contributed by atoms with van der Waals surface area (Å²) in [5.41, 5.74) is 0.353. The van der Waals surface area contributed by atoms with E-state index in [1.807, 2.05) is 13.8 Å². The molecule has 1 aromatic heterocycles. The molecule has 0 spiro atoms. The maximum Gasteiger partial charge on any atom is 0.273 e. The fraction of sp³-hybridized carbons (Fsp3) is 0.625. The molecule has 4 nitrogen and oxygen atoms in total. The lowest BCUT2D eigenvalue weighted by Gasteiger charge is -2.18. The molecule has 14 heavy (non-hydrogen) atoms. The number of amides is 1. The number of halogens is 1. The van der Waals surface area contributed by atoms with Gasteiger partial charge in [-0.3, -0.25) is 4.79 Å². The molecule has 1 heterocycles. The number of rotatable bonds is 4. The highest BCUT2D eigenvalue weighted by Gasteiger charge is 2.17. The van der Waals surface area contributed by atoms with Crippen LogP contribution in [0.4, 0.5) is 0 Å². The SMILES string of the molecule is CC(C)C(CCl)NC(=O)c1csnn1. The first-order valence-electron chi connectivity index (χ1n) is 4.29. The van der Waals surface area contributed by atoms with Gasteiger partial charge in [0.25, 0.3) is 5.91 Å². The first-order valence-corrected chi connectivity index (χ1v) is 5.66. The molecular weight excluding hydrogens is 222 g/mol. The highest BCUT2D eigenvalue weighted by molar-refractivity contribution is 7.03. The van der Waals surface area contributed by atoms with Crippen molar-refractivity contribution in [1.29, 1.82) is 0 Å². The summed E-state index contributed by atoms with van der Waals surface area (Å²) in [7, 11) is 0. The van der Waals surface area contributed by atoms with Crippen LogP contribution >= 0.6 is 23.1 Å². The molecule has 6 heteroatoms. The molecule has 1 amide bonds. The third-order valence-electron chi connectivity index (χ3n) is 1.88. The van der Waals surface area contributed by atoms with Crippen LogP contribution in [0.25, 0.3) is 0 Å². The Bertz CT molecular complexity index is 289. The Morgan fingerprint density at radius 2 is 2.43 bits per heavy atom. The summed E-state index contributed by atoms with van der Waals surface area (Å²) in [6.45, 7) is 4.01. The number of carbonyl (C=O) groups excluding carboxylic acids is 1. The van der Waals surface area contributed by atoms with Gasteiger partial charge in [0.2, 0.25) is 0 Å².